The van der Waals surface area contributed by atoms with Gasteiger partial charge in [-0.2, -0.15) is 0 Å². The van der Waals surface area contributed by atoms with Crippen molar-refractivity contribution in [1.82, 2.24) is 31.9 Å². The molecule has 0 aliphatic heterocycles. The van der Waals surface area contributed by atoms with Crippen LogP contribution in [0.1, 0.15) is 478 Å². The number of phosphoric acid groups is 2. The van der Waals surface area contributed by atoms with Crippen molar-refractivity contribution < 1.29 is 120 Å². The first kappa shape index (κ1) is 116. The van der Waals surface area contributed by atoms with E-state index in [1.807, 2.05) is 0 Å². The Morgan fingerprint density at radius 1 is 0.250 bits per heavy atom. The van der Waals surface area contributed by atoms with Crippen LogP contribution in [-0.2, 0) is 46.4 Å². The van der Waals surface area contributed by atoms with Gasteiger partial charge in [-0.1, -0.05) is 388 Å². The van der Waals surface area contributed by atoms with E-state index in [0.29, 0.717) is 51.4 Å². The van der Waals surface area contributed by atoms with E-state index in [1.165, 1.54) is 244 Å². The second-order valence-corrected chi connectivity index (χ2v) is 35.3. The van der Waals surface area contributed by atoms with Crippen LogP contribution in [-0.4, -0.2) is 93.3 Å². The van der Waals surface area contributed by atoms with Gasteiger partial charge in [-0.25, -0.2) is 4.79 Å². The molecule has 0 aliphatic carbocycles. The third kappa shape index (κ3) is 84.4. The molecule has 0 aromatic heterocycles. The van der Waals surface area contributed by atoms with Gasteiger partial charge in [0.05, 0.1) is 38.5 Å². The summed E-state index contributed by atoms with van der Waals surface area (Å²) in [4.78, 5) is 93.3. The summed E-state index contributed by atoms with van der Waals surface area (Å²) in [5.41, 5.74) is 0. The molecule has 6 unspecified atom stereocenters. The molecule has 0 saturated carbocycles. The number of hydrogen-bond donors (Lipinski definition) is 6. The molecule has 6 N–H and O–H groups in total. The van der Waals surface area contributed by atoms with E-state index in [9.17, 15) is 42.9 Å². The monoisotopic (exact) mass is 1650 g/mol. The number of phosphoric ester groups is 2. The van der Waals surface area contributed by atoms with Gasteiger partial charge < -0.3 is 59.8 Å². The minimum atomic E-state index is -4.93. The fourth-order valence-electron chi connectivity index (χ4n) is 14.6. The molecule has 0 rings (SSSR count). The molecule has 19 nitrogen and oxygen atoms in total. The van der Waals surface area contributed by atoms with E-state index in [0.717, 1.165) is 141 Å². The fourth-order valence-corrected chi connectivity index (χ4v) is 16.1. The van der Waals surface area contributed by atoms with Gasteiger partial charge in [-0.05, 0) is 64.2 Å². The molecular formula is C89H176N6Na2O13P2. The van der Waals surface area contributed by atoms with Crippen molar-refractivity contribution in [3.05, 3.63) is 0 Å². The van der Waals surface area contributed by atoms with Crippen LogP contribution in [0.4, 0.5) is 4.79 Å². The van der Waals surface area contributed by atoms with Crippen LogP contribution in [0.15, 0.2) is 0 Å². The molecule has 0 aromatic rings. The van der Waals surface area contributed by atoms with Crippen molar-refractivity contribution in [2.24, 2.45) is 0 Å². The molecule has 6 amide bonds. The summed E-state index contributed by atoms with van der Waals surface area (Å²) < 4.78 is 47.7. The third-order valence-electron chi connectivity index (χ3n) is 21.7. The van der Waals surface area contributed by atoms with Crippen molar-refractivity contribution in [2.45, 2.75) is 502 Å². The summed E-state index contributed by atoms with van der Waals surface area (Å²) in [6, 6.07) is -2.36. The summed E-state index contributed by atoms with van der Waals surface area (Å²) in [7, 11) is -9.87. The quantitative estimate of drug-likeness (QED) is 0.0188. The fraction of sp³-hybridized carbons (Fsp3) is 0.944. The number of amides is 6. The Hall–Kier alpha value is -0.630. The zero-order valence-corrected chi connectivity index (χ0v) is 80.1. The first-order chi connectivity index (χ1) is 53.5. The average molecular weight is 1650 g/mol. The van der Waals surface area contributed by atoms with Crippen LogP contribution in [0.3, 0.4) is 0 Å². The molecule has 0 spiro atoms. The van der Waals surface area contributed by atoms with Crippen molar-refractivity contribution >= 4 is 45.3 Å². The second-order valence-electron chi connectivity index (χ2n) is 32.5. The van der Waals surface area contributed by atoms with Crippen molar-refractivity contribution in [2.75, 3.05) is 39.5 Å². The first-order valence-corrected chi connectivity index (χ1v) is 49.8. The molecule has 0 bridgehead atoms. The van der Waals surface area contributed by atoms with Gasteiger partial charge in [0.15, 0.2) is 0 Å². The van der Waals surface area contributed by atoms with Gasteiger partial charge in [-0.15, -0.1) is 0 Å². The maximum atomic E-state index is 13.5. The molecule has 0 heterocycles. The van der Waals surface area contributed by atoms with E-state index in [4.69, 9.17) is 18.1 Å². The van der Waals surface area contributed by atoms with Crippen LogP contribution >= 0.6 is 15.6 Å². The molecule has 0 radical (unpaired) electrons. The van der Waals surface area contributed by atoms with E-state index in [1.54, 1.807) is 0 Å². The Balaban J connectivity index is -0.0000594. The zero-order chi connectivity index (χ0) is 80.6. The van der Waals surface area contributed by atoms with Gasteiger partial charge in [0.25, 0.3) is 15.6 Å². The first-order valence-electron chi connectivity index (χ1n) is 46.9. The predicted molar refractivity (Wildman–Crippen MR) is 456 cm³/mol. The van der Waals surface area contributed by atoms with E-state index >= 15 is 0 Å². The smallest absolute Gasteiger partial charge is 0.756 e. The van der Waals surface area contributed by atoms with Crippen LogP contribution in [0.25, 0.3) is 0 Å². The van der Waals surface area contributed by atoms with Crippen LogP contribution < -0.4 is 101 Å². The third-order valence-corrected chi connectivity index (χ3v) is 23.6. The molecule has 0 aromatic carbocycles. The molecule has 0 saturated heterocycles. The summed E-state index contributed by atoms with van der Waals surface area (Å²) >= 11 is 0. The summed E-state index contributed by atoms with van der Waals surface area (Å²) in [6.07, 6.45) is 72.8. The number of carbonyl (C=O) groups is 5. The summed E-state index contributed by atoms with van der Waals surface area (Å²) in [5, 5.41) is 17.8. The van der Waals surface area contributed by atoms with Gasteiger partial charge >= 0.3 is 65.1 Å². The maximum absolute atomic E-state index is 13.5. The Morgan fingerprint density at radius 3 is 0.643 bits per heavy atom. The summed E-state index contributed by atoms with van der Waals surface area (Å²) in [6.45, 7) is 11.3. The van der Waals surface area contributed by atoms with Gasteiger partial charge in [0.2, 0.25) is 23.6 Å². The van der Waals surface area contributed by atoms with Gasteiger partial charge in [0.1, 0.15) is 0 Å². The molecule has 0 aliphatic rings. The van der Waals surface area contributed by atoms with Gasteiger partial charge in [0, 0.05) is 50.9 Å². The molecule has 652 valence electrons. The predicted octanol–water partition coefficient (Wildman–Crippen LogP) is 17.9. The van der Waals surface area contributed by atoms with Crippen LogP contribution in [0.5, 0.6) is 0 Å². The van der Waals surface area contributed by atoms with E-state index < -0.39 is 47.0 Å². The van der Waals surface area contributed by atoms with Crippen LogP contribution in [0, 0.1) is 0 Å². The second kappa shape index (κ2) is 88.2. The van der Waals surface area contributed by atoms with Crippen LogP contribution in [0.2, 0.25) is 0 Å². The number of nitrogens with one attached hydrogen (secondary N) is 6. The van der Waals surface area contributed by atoms with Crippen molar-refractivity contribution in [1.29, 1.82) is 0 Å². The van der Waals surface area contributed by atoms with Crippen molar-refractivity contribution in [3.63, 3.8) is 0 Å². The minimum Gasteiger partial charge on any atom is -0.756 e. The standard InChI is InChI=1S/C89H178N6O13P2.2Na/c1-7-13-19-25-31-35-39-43-49-55-61-67-85(96)92-81(65-59-53-47-29-23-17-11-5)71-73-83(94-87(98)69-63-57-51-45-41-37-33-27-21-15-9-3)79-107-109(101,102)105-77-75-90-89(100)91-76-78-106-110(103,104)108-80-84(95-88(99)70-64-58-52-46-42-38-34-28-22-16-10-4)74-72-82(66-60-54-48-30-24-18-12-6)93-86(97)68-62-56-50-44-40-36-32-26-20-14-8-2;;/h81-84H,7-80H2,1-6H3,(H,92,96)(H,93,97)(H,94,98)(H,95,99)(H,101,102)(H,103,104)(H2,90,91,100);;/q;2*+1/p-2. The Kier molecular flexibility index (Phi) is 90.9. The number of rotatable bonds is 88. The Labute approximate surface area is 733 Å². The van der Waals surface area contributed by atoms with E-state index in [-0.39, 0.29) is 121 Å². The largest absolute Gasteiger partial charge is 1.00 e. The molecular weight excluding hydrogens is 1470 g/mol. The molecule has 23 heteroatoms. The number of hydrogen-bond acceptors (Lipinski definition) is 13. The van der Waals surface area contributed by atoms with E-state index in [2.05, 4.69) is 73.4 Å². The van der Waals surface area contributed by atoms with Gasteiger partial charge in [-0.3, -0.25) is 28.3 Å². The SMILES string of the molecule is CCCCCCCCCCCCCC(=O)NC(CCCCCCCCC)CCC(COP(=O)([O-])OCCNC(=O)NCCOP(=O)([O-])OCC(CCC(CCCCCCCCC)NC(=O)CCCCCCCCCCCCC)NC(=O)CCCCCCCCCCCCC)NC(=O)CCCCCCCCCCCCC.[Na+].[Na+]. The maximum Gasteiger partial charge on any atom is 1.00 e. The summed E-state index contributed by atoms with van der Waals surface area (Å²) in [5.74, 6) is -0.305. The molecule has 6 atom stereocenters. The topological polar surface area (TPSA) is 275 Å². The number of urea groups is 1. The minimum absolute atomic E-state index is 0. The number of unbranched alkanes of at least 4 members (excludes halogenated alkanes) is 52. The normalized spacial score (nSPS) is 13.6. The zero-order valence-electron chi connectivity index (χ0n) is 74.3. The molecule has 0 fully saturated rings. The Morgan fingerprint density at radius 2 is 0.429 bits per heavy atom. The number of carbonyl (C=O) groups excluding carboxylic acids is 5. The molecule has 112 heavy (non-hydrogen) atoms. The Bertz CT molecular complexity index is 2040. The average Bonchev–Trinajstić information content (AvgIpc) is 0.903. The van der Waals surface area contributed by atoms with Crippen molar-refractivity contribution in [3.8, 4) is 0 Å².